The van der Waals surface area contributed by atoms with Gasteiger partial charge in [-0.15, -0.1) is 0 Å². The highest BCUT2D eigenvalue weighted by molar-refractivity contribution is 6.36. The monoisotopic (exact) mass is 266 g/mol. The van der Waals surface area contributed by atoms with Crippen LogP contribution in [0.2, 0.25) is 0 Å². The number of oxime groups is 1. The molecule has 0 radical (unpaired) electrons. The Balaban J connectivity index is 1.99. The molecule has 2 rings (SSSR count). The molecule has 6 nitrogen and oxygen atoms in total. The molecule has 0 aromatic heterocycles. The molecule has 1 aliphatic rings. The first-order valence-electron chi connectivity index (χ1n) is 5.50. The lowest BCUT2D eigenvalue weighted by molar-refractivity contribution is -0.129. The van der Waals surface area contributed by atoms with E-state index in [0.717, 1.165) is 0 Å². The van der Waals surface area contributed by atoms with Crippen LogP contribution in [0.4, 0.5) is 10.1 Å². The summed E-state index contributed by atoms with van der Waals surface area (Å²) in [5.41, 5.74) is 0.530. The van der Waals surface area contributed by atoms with Crippen molar-refractivity contribution in [3.05, 3.63) is 29.6 Å². The van der Waals surface area contributed by atoms with Crippen LogP contribution in [-0.2, 0) is 14.4 Å². The first-order valence-corrected chi connectivity index (χ1v) is 5.50. The van der Waals surface area contributed by atoms with Crippen molar-refractivity contribution in [1.82, 2.24) is 0 Å². The van der Waals surface area contributed by atoms with E-state index < -0.39 is 23.8 Å². The summed E-state index contributed by atoms with van der Waals surface area (Å²) in [4.78, 5) is 27.1. The minimum Gasteiger partial charge on any atom is -0.477 e. The normalized spacial score (nSPS) is 17.6. The van der Waals surface area contributed by atoms with E-state index in [4.69, 9.17) is 9.94 Å². The number of benzene rings is 1. The second-order valence-electron chi connectivity index (χ2n) is 4.09. The van der Waals surface area contributed by atoms with E-state index >= 15 is 0 Å². The number of anilines is 1. The lowest BCUT2D eigenvalue weighted by Crippen LogP contribution is -2.29. The predicted molar refractivity (Wildman–Crippen MR) is 64.3 cm³/mol. The van der Waals surface area contributed by atoms with Crippen LogP contribution in [-0.4, -0.2) is 28.8 Å². The van der Waals surface area contributed by atoms with Crippen molar-refractivity contribution in [2.75, 3.05) is 5.32 Å². The Morgan fingerprint density at radius 3 is 2.84 bits per heavy atom. The molecule has 0 fully saturated rings. The largest absolute Gasteiger partial charge is 0.477 e. The second-order valence-corrected chi connectivity index (χ2v) is 4.09. The molecule has 1 aliphatic heterocycles. The van der Waals surface area contributed by atoms with E-state index in [9.17, 15) is 14.0 Å². The maximum absolute atomic E-state index is 13.3. The van der Waals surface area contributed by atoms with E-state index in [1.54, 1.807) is 13.0 Å². The van der Waals surface area contributed by atoms with E-state index in [2.05, 4.69) is 10.5 Å². The maximum Gasteiger partial charge on any atom is 0.353 e. The number of nitrogens with one attached hydrogen (secondary N) is 1. The molecule has 1 amide bonds. The number of aliphatic carboxylic acids is 1. The molecule has 0 spiro atoms. The van der Waals surface area contributed by atoms with Gasteiger partial charge in [0.15, 0.2) is 5.71 Å². The van der Waals surface area contributed by atoms with Gasteiger partial charge in [0.25, 0.3) is 5.91 Å². The number of rotatable bonds is 3. The minimum absolute atomic E-state index is 0.116. The number of carboxylic acid groups (broad SMARTS) is 1. The van der Waals surface area contributed by atoms with Crippen molar-refractivity contribution in [2.24, 2.45) is 5.16 Å². The Morgan fingerprint density at radius 2 is 2.26 bits per heavy atom. The SMILES string of the molecule is Cc1ccc(NC(=O)C2CC(C(=O)O)=NO2)cc1F. The Kier molecular flexibility index (Phi) is 3.46. The molecule has 0 aliphatic carbocycles. The van der Waals surface area contributed by atoms with Crippen molar-refractivity contribution in [2.45, 2.75) is 19.4 Å². The number of hydrogen-bond donors (Lipinski definition) is 2. The van der Waals surface area contributed by atoms with E-state index in [-0.39, 0.29) is 17.8 Å². The van der Waals surface area contributed by atoms with Gasteiger partial charge in [-0.1, -0.05) is 11.2 Å². The average molecular weight is 266 g/mol. The third kappa shape index (κ3) is 2.87. The molecule has 1 atom stereocenters. The van der Waals surface area contributed by atoms with Gasteiger partial charge in [0, 0.05) is 12.1 Å². The number of carbonyl (C=O) groups is 2. The summed E-state index contributed by atoms with van der Waals surface area (Å²) in [6, 6.07) is 4.25. The summed E-state index contributed by atoms with van der Waals surface area (Å²) < 4.78 is 13.3. The van der Waals surface area contributed by atoms with E-state index in [1.807, 2.05) is 0 Å². The van der Waals surface area contributed by atoms with Gasteiger partial charge in [-0.3, -0.25) is 4.79 Å². The zero-order valence-corrected chi connectivity index (χ0v) is 10.0. The average Bonchev–Trinajstić information content (AvgIpc) is 2.83. The van der Waals surface area contributed by atoms with Crippen molar-refractivity contribution in [1.29, 1.82) is 0 Å². The molecule has 0 bridgehead atoms. The minimum atomic E-state index is -1.23. The quantitative estimate of drug-likeness (QED) is 0.863. The van der Waals surface area contributed by atoms with Gasteiger partial charge < -0.3 is 15.3 Å². The van der Waals surface area contributed by atoms with Gasteiger partial charge in [-0.25, -0.2) is 9.18 Å². The highest BCUT2D eigenvalue weighted by Crippen LogP contribution is 2.16. The van der Waals surface area contributed by atoms with E-state index in [0.29, 0.717) is 5.56 Å². The van der Waals surface area contributed by atoms with Crippen LogP contribution in [0.3, 0.4) is 0 Å². The fourth-order valence-corrected chi connectivity index (χ4v) is 1.54. The highest BCUT2D eigenvalue weighted by atomic mass is 19.1. The summed E-state index contributed by atoms with van der Waals surface area (Å²) in [6.45, 7) is 1.61. The summed E-state index contributed by atoms with van der Waals surface area (Å²) in [7, 11) is 0. The summed E-state index contributed by atoms with van der Waals surface area (Å²) >= 11 is 0. The van der Waals surface area contributed by atoms with Crippen LogP contribution in [0.15, 0.2) is 23.4 Å². The lowest BCUT2D eigenvalue weighted by Gasteiger charge is -2.09. The van der Waals surface area contributed by atoms with Gasteiger partial charge in [0.05, 0.1) is 0 Å². The topological polar surface area (TPSA) is 88.0 Å². The van der Waals surface area contributed by atoms with Gasteiger partial charge >= 0.3 is 5.97 Å². The Labute approximate surface area is 107 Å². The molecular weight excluding hydrogens is 255 g/mol. The van der Waals surface area contributed by atoms with Crippen molar-refractivity contribution >= 4 is 23.3 Å². The number of aryl methyl sites for hydroxylation is 1. The van der Waals surface area contributed by atoms with Crippen LogP contribution in [0.25, 0.3) is 0 Å². The van der Waals surface area contributed by atoms with Crippen LogP contribution in [0, 0.1) is 12.7 Å². The standard InChI is InChI=1S/C12H11FN2O4/c1-6-2-3-7(4-8(6)13)14-11(16)10-5-9(12(17)18)15-19-10/h2-4,10H,5H2,1H3,(H,14,16)(H,17,18). The Bertz CT molecular complexity index is 571. The molecule has 19 heavy (non-hydrogen) atoms. The van der Waals surface area contributed by atoms with Crippen molar-refractivity contribution < 1.29 is 23.9 Å². The summed E-state index contributed by atoms with van der Waals surface area (Å²) in [6.07, 6.45) is -1.12. The Hall–Kier alpha value is -2.44. The first kappa shape index (κ1) is 13.0. The summed E-state index contributed by atoms with van der Waals surface area (Å²) in [5, 5.41) is 14.4. The molecule has 7 heteroatoms. The van der Waals surface area contributed by atoms with Crippen LogP contribution < -0.4 is 5.32 Å². The van der Waals surface area contributed by atoms with E-state index in [1.165, 1.54) is 12.1 Å². The number of hydrogen-bond acceptors (Lipinski definition) is 4. The summed E-state index contributed by atoms with van der Waals surface area (Å²) in [5.74, 6) is -2.23. The first-order chi connectivity index (χ1) is 8.97. The maximum atomic E-state index is 13.3. The molecule has 1 aromatic rings. The highest BCUT2D eigenvalue weighted by Gasteiger charge is 2.31. The predicted octanol–water partition coefficient (Wildman–Crippen LogP) is 1.30. The molecule has 100 valence electrons. The van der Waals surface area contributed by atoms with Crippen molar-refractivity contribution in [3.8, 4) is 0 Å². The lowest BCUT2D eigenvalue weighted by atomic mass is 10.1. The number of amides is 1. The van der Waals surface area contributed by atoms with Crippen LogP contribution in [0.1, 0.15) is 12.0 Å². The number of carboxylic acids is 1. The molecule has 0 saturated heterocycles. The molecule has 0 saturated carbocycles. The molecule has 1 aromatic carbocycles. The molecule has 1 heterocycles. The van der Waals surface area contributed by atoms with Crippen LogP contribution in [0.5, 0.6) is 0 Å². The van der Waals surface area contributed by atoms with Gasteiger partial charge in [-0.2, -0.15) is 0 Å². The zero-order chi connectivity index (χ0) is 14.0. The van der Waals surface area contributed by atoms with Gasteiger partial charge in [0.2, 0.25) is 6.10 Å². The van der Waals surface area contributed by atoms with Gasteiger partial charge in [0.1, 0.15) is 5.82 Å². The zero-order valence-electron chi connectivity index (χ0n) is 10.0. The second kappa shape index (κ2) is 5.05. The number of carbonyl (C=O) groups excluding carboxylic acids is 1. The fraction of sp³-hybridized carbons (Fsp3) is 0.250. The number of nitrogens with zero attached hydrogens (tertiary/aromatic N) is 1. The van der Waals surface area contributed by atoms with Crippen molar-refractivity contribution in [3.63, 3.8) is 0 Å². The third-order valence-corrected chi connectivity index (χ3v) is 2.65. The molecular formula is C12H11FN2O4. The fourth-order valence-electron chi connectivity index (χ4n) is 1.54. The Morgan fingerprint density at radius 1 is 1.53 bits per heavy atom. The third-order valence-electron chi connectivity index (χ3n) is 2.65. The molecule has 2 N–H and O–H groups in total. The number of halogens is 1. The van der Waals surface area contributed by atoms with Gasteiger partial charge in [-0.05, 0) is 24.6 Å². The van der Waals surface area contributed by atoms with Crippen LogP contribution >= 0.6 is 0 Å². The smallest absolute Gasteiger partial charge is 0.353 e. The molecule has 1 unspecified atom stereocenters.